The Balaban J connectivity index is 2.10. The monoisotopic (exact) mass is 226 g/mol. The fourth-order valence-electron chi connectivity index (χ4n) is 1.38. The van der Waals surface area contributed by atoms with Gasteiger partial charge in [-0.3, -0.25) is 4.79 Å². The molecule has 2 rings (SSSR count). The van der Waals surface area contributed by atoms with Gasteiger partial charge in [-0.1, -0.05) is 0 Å². The first-order chi connectivity index (χ1) is 7.70. The van der Waals surface area contributed by atoms with Gasteiger partial charge in [0.2, 0.25) is 0 Å². The van der Waals surface area contributed by atoms with E-state index in [2.05, 4.69) is 0 Å². The topological polar surface area (TPSA) is 26.3 Å². The highest BCUT2D eigenvalue weighted by Crippen LogP contribution is 2.29. The van der Waals surface area contributed by atoms with Gasteiger partial charge in [0.1, 0.15) is 11.6 Å². The van der Waals surface area contributed by atoms with Gasteiger partial charge in [-0.2, -0.15) is 0 Å². The molecule has 2 nitrogen and oxygen atoms in total. The van der Waals surface area contributed by atoms with Gasteiger partial charge in [-0.15, -0.1) is 0 Å². The molecule has 16 heavy (non-hydrogen) atoms. The van der Waals surface area contributed by atoms with E-state index in [1.165, 1.54) is 12.1 Å². The van der Waals surface area contributed by atoms with Crippen LogP contribution in [-0.2, 0) is 0 Å². The summed E-state index contributed by atoms with van der Waals surface area (Å²) < 4.78 is 30.7. The van der Waals surface area contributed by atoms with Crippen LogP contribution in [0, 0.1) is 11.7 Å². The molecule has 86 valence electrons. The largest absolute Gasteiger partial charge is 0.493 e. The van der Waals surface area contributed by atoms with E-state index in [1.54, 1.807) is 0 Å². The second kappa shape index (κ2) is 4.60. The number of rotatable bonds is 5. The fraction of sp³-hybridized carbons (Fsp3) is 0.417. The first-order valence-corrected chi connectivity index (χ1v) is 5.22. The zero-order valence-electron chi connectivity index (χ0n) is 8.71. The van der Waals surface area contributed by atoms with Crippen LogP contribution in [0.25, 0.3) is 0 Å². The molecular formula is C12H12F2O2. The first kappa shape index (κ1) is 11.0. The minimum atomic E-state index is -1.19. The molecule has 0 amide bonds. The molecule has 0 spiro atoms. The van der Waals surface area contributed by atoms with Crippen LogP contribution >= 0.6 is 0 Å². The predicted molar refractivity (Wildman–Crippen MR) is 54.9 cm³/mol. The minimum absolute atomic E-state index is 0.240. The van der Waals surface area contributed by atoms with Crippen LogP contribution in [-0.4, -0.2) is 19.1 Å². The molecule has 1 aliphatic carbocycles. The van der Waals surface area contributed by atoms with Crippen molar-refractivity contribution >= 4 is 5.78 Å². The number of hydrogen-bond donors (Lipinski definition) is 0. The van der Waals surface area contributed by atoms with Crippen molar-refractivity contribution in [3.63, 3.8) is 0 Å². The molecule has 4 heteroatoms. The lowest BCUT2D eigenvalue weighted by Crippen LogP contribution is -2.06. The molecule has 0 atom stereocenters. The van der Waals surface area contributed by atoms with E-state index in [-0.39, 0.29) is 5.56 Å². The van der Waals surface area contributed by atoms with Crippen molar-refractivity contribution in [2.75, 3.05) is 13.3 Å². The van der Waals surface area contributed by atoms with E-state index in [9.17, 15) is 13.6 Å². The van der Waals surface area contributed by atoms with E-state index >= 15 is 0 Å². The van der Waals surface area contributed by atoms with Gasteiger partial charge in [-0.05, 0) is 37.0 Å². The number of halogens is 2. The second-order valence-corrected chi connectivity index (χ2v) is 3.95. The molecule has 1 aromatic rings. The number of carbonyl (C=O) groups excluding carboxylic acids is 1. The van der Waals surface area contributed by atoms with E-state index < -0.39 is 18.3 Å². The fourth-order valence-corrected chi connectivity index (χ4v) is 1.38. The standard InChI is InChI=1S/C12H12F2O2/c13-6-12(15)10-5-9(3-4-11(10)14)16-7-8-1-2-8/h3-5,8H,1-2,6-7H2. The van der Waals surface area contributed by atoms with E-state index in [4.69, 9.17) is 4.74 Å². The van der Waals surface area contributed by atoms with Crippen molar-refractivity contribution in [3.8, 4) is 5.75 Å². The molecular weight excluding hydrogens is 214 g/mol. The number of ketones is 1. The molecule has 1 saturated carbocycles. The van der Waals surface area contributed by atoms with Gasteiger partial charge in [0, 0.05) is 0 Å². The summed E-state index contributed by atoms with van der Waals surface area (Å²) in [5.74, 6) is -0.564. The molecule has 0 saturated heterocycles. The molecule has 0 unspecified atom stereocenters. The predicted octanol–water partition coefficient (Wildman–Crippen LogP) is 2.77. The van der Waals surface area contributed by atoms with Crippen molar-refractivity contribution < 1.29 is 18.3 Å². The summed E-state index contributed by atoms with van der Waals surface area (Å²) in [5.41, 5.74) is -0.240. The number of hydrogen-bond acceptors (Lipinski definition) is 2. The van der Waals surface area contributed by atoms with Gasteiger partial charge < -0.3 is 4.74 Å². The average molecular weight is 226 g/mol. The maximum atomic E-state index is 13.2. The van der Waals surface area contributed by atoms with Gasteiger partial charge >= 0.3 is 0 Å². The van der Waals surface area contributed by atoms with Gasteiger partial charge in [0.25, 0.3) is 0 Å². The number of ether oxygens (including phenoxy) is 1. The normalized spacial score (nSPS) is 14.9. The summed E-state index contributed by atoms with van der Waals surface area (Å²) in [4.78, 5) is 11.1. The summed E-state index contributed by atoms with van der Waals surface area (Å²) in [5, 5.41) is 0. The molecule has 1 aromatic carbocycles. The first-order valence-electron chi connectivity index (χ1n) is 5.22. The van der Waals surface area contributed by atoms with E-state index in [0.29, 0.717) is 18.3 Å². The number of benzene rings is 1. The molecule has 0 N–H and O–H groups in total. The highest BCUT2D eigenvalue weighted by Gasteiger charge is 2.22. The zero-order chi connectivity index (χ0) is 11.5. The Labute approximate surface area is 92.2 Å². The molecule has 0 heterocycles. The van der Waals surface area contributed by atoms with E-state index in [0.717, 1.165) is 18.9 Å². The molecule has 0 radical (unpaired) electrons. The molecule has 1 aliphatic rings. The Morgan fingerprint density at radius 1 is 1.44 bits per heavy atom. The molecule has 0 bridgehead atoms. The van der Waals surface area contributed by atoms with Crippen LogP contribution < -0.4 is 4.74 Å². The minimum Gasteiger partial charge on any atom is -0.493 e. The maximum absolute atomic E-state index is 13.2. The lowest BCUT2D eigenvalue weighted by atomic mass is 10.1. The van der Waals surface area contributed by atoms with Crippen molar-refractivity contribution in [1.29, 1.82) is 0 Å². The highest BCUT2D eigenvalue weighted by molar-refractivity contribution is 5.97. The lowest BCUT2D eigenvalue weighted by molar-refractivity contribution is 0.0954. The Kier molecular flexibility index (Phi) is 3.17. The number of carbonyl (C=O) groups is 1. The second-order valence-electron chi connectivity index (χ2n) is 3.95. The summed E-state index contributed by atoms with van der Waals surface area (Å²) in [6, 6.07) is 3.84. The van der Waals surface area contributed by atoms with Gasteiger partial charge in [0.15, 0.2) is 12.5 Å². The van der Waals surface area contributed by atoms with Crippen molar-refractivity contribution in [2.24, 2.45) is 5.92 Å². The average Bonchev–Trinajstić information content (AvgIpc) is 3.11. The Morgan fingerprint density at radius 2 is 2.19 bits per heavy atom. The highest BCUT2D eigenvalue weighted by atomic mass is 19.1. The van der Waals surface area contributed by atoms with Crippen molar-refractivity contribution in [1.82, 2.24) is 0 Å². The summed E-state index contributed by atoms with van der Waals surface area (Å²) in [6.07, 6.45) is 2.30. The Hall–Kier alpha value is -1.45. The summed E-state index contributed by atoms with van der Waals surface area (Å²) >= 11 is 0. The molecule has 0 aromatic heterocycles. The Bertz CT molecular complexity index is 400. The van der Waals surface area contributed by atoms with Crippen LogP contribution in [0.3, 0.4) is 0 Å². The van der Waals surface area contributed by atoms with Crippen LogP contribution in [0.2, 0.25) is 0 Å². The summed E-state index contributed by atoms with van der Waals surface area (Å²) in [6.45, 7) is -0.613. The van der Waals surface area contributed by atoms with Crippen LogP contribution in [0.5, 0.6) is 5.75 Å². The third-order valence-corrected chi connectivity index (χ3v) is 2.54. The number of alkyl halides is 1. The SMILES string of the molecule is O=C(CF)c1cc(OCC2CC2)ccc1F. The summed E-state index contributed by atoms with van der Waals surface area (Å²) in [7, 11) is 0. The lowest BCUT2D eigenvalue weighted by Gasteiger charge is -2.07. The molecule has 1 fully saturated rings. The smallest absolute Gasteiger partial charge is 0.196 e. The van der Waals surface area contributed by atoms with Crippen LogP contribution in [0.15, 0.2) is 18.2 Å². The zero-order valence-corrected chi connectivity index (χ0v) is 8.71. The molecule has 0 aliphatic heterocycles. The number of Topliss-reactive ketones (excluding diaryl/α,β-unsaturated/α-hetero) is 1. The Morgan fingerprint density at radius 3 is 2.81 bits per heavy atom. The van der Waals surface area contributed by atoms with Gasteiger partial charge in [0.05, 0.1) is 12.2 Å². The van der Waals surface area contributed by atoms with Crippen LogP contribution in [0.1, 0.15) is 23.2 Å². The van der Waals surface area contributed by atoms with Crippen molar-refractivity contribution in [3.05, 3.63) is 29.6 Å². The maximum Gasteiger partial charge on any atom is 0.196 e. The third kappa shape index (κ3) is 2.56. The third-order valence-electron chi connectivity index (χ3n) is 2.54. The van der Waals surface area contributed by atoms with Crippen LogP contribution in [0.4, 0.5) is 8.78 Å². The van der Waals surface area contributed by atoms with E-state index in [1.807, 2.05) is 0 Å². The van der Waals surface area contributed by atoms with Crippen molar-refractivity contribution in [2.45, 2.75) is 12.8 Å². The van der Waals surface area contributed by atoms with Gasteiger partial charge in [-0.25, -0.2) is 8.78 Å². The quantitative estimate of drug-likeness (QED) is 0.721.